The molecule has 1 unspecified atom stereocenters. The summed E-state index contributed by atoms with van der Waals surface area (Å²) in [4.78, 5) is 2.37. The van der Waals surface area contributed by atoms with Crippen LogP contribution in [0.2, 0.25) is 0 Å². The molecular weight excluding hydrogens is 347 g/mol. The number of nitrogens with zero attached hydrogens (tertiary/aromatic N) is 1. The Morgan fingerprint density at radius 3 is 2.57 bits per heavy atom. The summed E-state index contributed by atoms with van der Waals surface area (Å²) in [5, 5.41) is 1.02. The first-order valence-electron chi connectivity index (χ1n) is 7.09. The van der Waals surface area contributed by atoms with Crippen molar-refractivity contribution in [3.05, 3.63) is 29.8 Å². The number of hydrogen-bond donors (Lipinski definition) is 0. The topological polar surface area (TPSA) is 12.5 Å². The average molecular weight is 366 g/mol. The molecule has 0 bridgehead atoms. The third kappa shape index (κ3) is 5.87. The molecule has 21 heavy (non-hydrogen) atoms. The van der Waals surface area contributed by atoms with Crippen molar-refractivity contribution >= 4 is 15.9 Å². The van der Waals surface area contributed by atoms with E-state index in [4.69, 9.17) is 0 Å². The van der Waals surface area contributed by atoms with E-state index in [0.29, 0.717) is 5.92 Å². The molecule has 2 rings (SSSR count). The van der Waals surface area contributed by atoms with Gasteiger partial charge in [0.15, 0.2) is 0 Å². The van der Waals surface area contributed by atoms with E-state index in [1.165, 1.54) is 31.4 Å². The first-order chi connectivity index (χ1) is 9.96. The Labute approximate surface area is 131 Å². The summed E-state index contributed by atoms with van der Waals surface area (Å²) < 4.78 is 40.2. The average Bonchev–Trinajstić information content (AvgIpc) is 2.40. The number of hydrogen-bond acceptors (Lipinski definition) is 2. The first kappa shape index (κ1) is 16.6. The lowest BCUT2D eigenvalue weighted by atomic mass is 9.95. The zero-order valence-electron chi connectivity index (χ0n) is 11.7. The molecule has 0 amide bonds. The predicted molar refractivity (Wildman–Crippen MR) is 79.5 cm³/mol. The van der Waals surface area contributed by atoms with Gasteiger partial charge in [-0.25, -0.2) is 0 Å². The molecule has 0 aromatic heterocycles. The van der Waals surface area contributed by atoms with E-state index in [1.54, 1.807) is 12.1 Å². The third-order valence-corrected chi connectivity index (χ3v) is 4.14. The fourth-order valence-corrected chi connectivity index (χ4v) is 3.39. The van der Waals surface area contributed by atoms with Gasteiger partial charge in [0.1, 0.15) is 5.75 Å². The van der Waals surface area contributed by atoms with Crippen LogP contribution in [0.15, 0.2) is 24.3 Å². The van der Waals surface area contributed by atoms with Crippen LogP contribution < -0.4 is 4.74 Å². The van der Waals surface area contributed by atoms with Crippen molar-refractivity contribution in [1.82, 2.24) is 4.90 Å². The SMILES string of the molecule is FC(F)(F)Oc1ccc(CN2CCCC(CCBr)C2)cc1. The maximum absolute atomic E-state index is 12.1. The highest BCUT2D eigenvalue weighted by molar-refractivity contribution is 9.09. The van der Waals surface area contributed by atoms with Gasteiger partial charge in [-0.05, 0) is 49.4 Å². The maximum atomic E-state index is 12.1. The Bertz CT molecular complexity index is 434. The number of halogens is 4. The Morgan fingerprint density at radius 1 is 1.24 bits per heavy atom. The largest absolute Gasteiger partial charge is 0.573 e. The maximum Gasteiger partial charge on any atom is 0.573 e. The summed E-state index contributed by atoms with van der Waals surface area (Å²) in [6, 6.07) is 6.16. The molecule has 0 radical (unpaired) electrons. The summed E-state index contributed by atoms with van der Waals surface area (Å²) in [6.07, 6.45) is -1.00. The molecule has 1 aromatic carbocycles. The van der Waals surface area contributed by atoms with Crippen LogP contribution in [0.5, 0.6) is 5.75 Å². The number of alkyl halides is 4. The molecule has 1 aromatic rings. The first-order valence-corrected chi connectivity index (χ1v) is 8.21. The lowest BCUT2D eigenvalue weighted by Gasteiger charge is -2.32. The third-order valence-electron chi connectivity index (χ3n) is 3.68. The molecule has 1 aliphatic heterocycles. The normalized spacial score (nSPS) is 20.5. The van der Waals surface area contributed by atoms with Crippen molar-refractivity contribution < 1.29 is 17.9 Å². The molecule has 0 aliphatic carbocycles. The van der Waals surface area contributed by atoms with Crippen LogP contribution in [0.1, 0.15) is 24.8 Å². The van der Waals surface area contributed by atoms with Crippen LogP contribution in [0.3, 0.4) is 0 Å². The number of ether oxygens (including phenoxy) is 1. The Balaban J connectivity index is 1.88. The Morgan fingerprint density at radius 2 is 1.95 bits per heavy atom. The Hall–Kier alpha value is -0.750. The summed E-state index contributed by atoms with van der Waals surface area (Å²) in [7, 11) is 0. The van der Waals surface area contributed by atoms with Gasteiger partial charge in [-0.15, -0.1) is 13.2 Å². The van der Waals surface area contributed by atoms with Gasteiger partial charge < -0.3 is 4.74 Å². The van der Waals surface area contributed by atoms with Crippen molar-refractivity contribution in [3.8, 4) is 5.75 Å². The predicted octanol–water partition coefficient (Wildman–Crippen LogP) is 4.58. The van der Waals surface area contributed by atoms with E-state index < -0.39 is 6.36 Å². The van der Waals surface area contributed by atoms with E-state index >= 15 is 0 Å². The minimum Gasteiger partial charge on any atom is -0.406 e. The van der Waals surface area contributed by atoms with Crippen molar-refractivity contribution in [1.29, 1.82) is 0 Å². The van der Waals surface area contributed by atoms with Crippen molar-refractivity contribution in [3.63, 3.8) is 0 Å². The fraction of sp³-hybridized carbons (Fsp3) is 0.600. The number of benzene rings is 1. The highest BCUT2D eigenvalue weighted by atomic mass is 79.9. The molecule has 1 aliphatic rings. The van der Waals surface area contributed by atoms with Crippen molar-refractivity contribution in [2.45, 2.75) is 32.2 Å². The molecule has 0 N–H and O–H groups in total. The Kier molecular flexibility index (Phi) is 5.93. The highest BCUT2D eigenvalue weighted by Crippen LogP contribution is 2.25. The molecule has 1 saturated heterocycles. The van der Waals surface area contributed by atoms with Crippen molar-refractivity contribution in [2.24, 2.45) is 5.92 Å². The lowest BCUT2D eigenvalue weighted by Crippen LogP contribution is -2.35. The van der Waals surface area contributed by atoms with Crippen molar-refractivity contribution in [2.75, 3.05) is 18.4 Å². The van der Waals surface area contributed by atoms with Crippen LogP contribution in [-0.4, -0.2) is 29.7 Å². The standard InChI is InChI=1S/C15H19BrF3NO/c16-8-7-12-2-1-9-20(10-12)11-13-3-5-14(6-4-13)21-15(17,18)19/h3-6,12H,1-2,7-11H2. The molecule has 6 heteroatoms. The summed E-state index contributed by atoms with van der Waals surface area (Å²) in [5.41, 5.74) is 1.02. The second-order valence-corrected chi connectivity index (χ2v) is 6.21. The monoisotopic (exact) mass is 365 g/mol. The number of likely N-dealkylation sites (tertiary alicyclic amines) is 1. The summed E-state index contributed by atoms with van der Waals surface area (Å²) >= 11 is 3.48. The minimum atomic E-state index is -4.63. The molecule has 0 spiro atoms. The van der Waals surface area contributed by atoms with Crippen LogP contribution >= 0.6 is 15.9 Å². The smallest absolute Gasteiger partial charge is 0.406 e. The van der Waals surface area contributed by atoms with E-state index in [-0.39, 0.29) is 5.75 Å². The molecular formula is C15H19BrF3NO. The molecule has 118 valence electrons. The molecule has 1 atom stereocenters. The van der Waals surface area contributed by atoms with E-state index in [0.717, 1.165) is 30.5 Å². The zero-order valence-corrected chi connectivity index (χ0v) is 13.3. The van der Waals surface area contributed by atoms with E-state index in [2.05, 4.69) is 25.6 Å². The summed E-state index contributed by atoms with van der Waals surface area (Å²) in [5.74, 6) is 0.549. The van der Waals surface area contributed by atoms with E-state index in [9.17, 15) is 13.2 Å². The van der Waals surface area contributed by atoms with Gasteiger partial charge in [0.25, 0.3) is 0 Å². The van der Waals surface area contributed by atoms with Gasteiger partial charge in [0, 0.05) is 18.4 Å². The zero-order chi connectivity index (χ0) is 15.3. The molecule has 1 fully saturated rings. The van der Waals surface area contributed by atoms with Crippen LogP contribution in [0, 0.1) is 5.92 Å². The molecule has 1 heterocycles. The van der Waals surface area contributed by atoms with Crippen LogP contribution in [0.25, 0.3) is 0 Å². The van der Waals surface area contributed by atoms with Gasteiger partial charge in [-0.3, -0.25) is 4.90 Å². The lowest BCUT2D eigenvalue weighted by molar-refractivity contribution is -0.274. The molecule has 2 nitrogen and oxygen atoms in total. The summed E-state index contributed by atoms with van der Waals surface area (Å²) in [6.45, 7) is 2.90. The highest BCUT2D eigenvalue weighted by Gasteiger charge is 2.31. The second kappa shape index (κ2) is 7.49. The molecule has 0 saturated carbocycles. The quantitative estimate of drug-likeness (QED) is 0.708. The van der Waals surface area contributed by atoms with Gasteiger partial charge in [0.2, 0.25) is 0 Å². The van der Waals surface area contributed by atoms with Gasteiger partial charge >= 0.3 is 6.36 Å². The van der Waals surface area contributed by atoms with E-state index in [1.807, 2.05) is 0 Å². The number of rotatable bonds is 5. The van der Waals surface area contributed by atoms with Gasteiger partial charge in [-0.1, -0.05) is 28.1 Å². The second-order valence-electron chi connectivity index (χ2n) is 5.41. The van der Waals surface area contributed by atoms with Gasteiger partial charge in [-0.2, -0.15) is 0 Å². The van der Waals surface area contributed by atoms with Crippen LogP contribution in [-0.2, 0) is 6.54 Å². The van der Waals surface area contributed by atoms with Gasteiger partial charge in [0.05, 0.1) is 0 Å². The van der Waals surface area contributed by atoms with Crippen LogP contribution in [0.4, 0.5) is 13.2 Å². The number of piperidine rings is 1. The minimum absolute atomic E-state index is 0.165. The fourth-order valence-electron chi connectivity index (χ4n) is 2.74.